The number of unbranched alkanes of at least 4 members (excludes halogenated alkanes) is 1. The highest BCUT2D eigenvalue weighted by Crippen LogP contribution is 2.17. The minimum Gasteiger partial charge on any atom is -0.481 e. The van der Waals surface area contributed by atoms with E-state index in [1.165, 1.54) is 0 Å². The third-order valence-electron chi connectivity index (χ3n) is 3.47. The van der Waals surface area contributed by atoms with Crippen molar-refractivity contribution in [1.29, 1.82) is 0 Å². The Balaban J connectivity index is 2.25. The van der Waals surface area contributed by atoms with E-state index in [9.17, 15) is 14.4 Å². The molecule has 1 fully saturated rings. The molecule has 0 aliphatic carbocycles. The number of hydrogen-bond acceptors (Lipinski definition) is 3. The van der Waals surface area contributed by atoms with Crippen LogP contribution in [0.25, 0.3) is 0 Å². The number of piperidine rings is 1. The Labute approximate surface area is 118 Å². The number of carboxylic acid groups (broad SMARTS) is 1. The van der Waals surface area contributed by atoms with Crippen molar-refractivity contribution in [2.45, 2.75) is 38.5 Å². The zero-order valence-corrected chi connectivity index (χ0v) is 11.6. The van der Waals surface area contributed by atoms with Crippen LogP contribution in [-0.2, 0) is 9.59 Å². The number of rotatable bonds is 7. The summed E-state index contributed by atoms with van der Waals surface area (Å²) in [7, 11) is 0. The predicted molar refractivity (Wildman–Crippen MR) is 73.0 cm³/mol. The molecule has 0 bridgehead atoms. The van der Waals surface area contributed by atoms with Crippen molar-refractivity contribution in [2.24, 2.45) is 11.7 Å². The number of carbonyl (C=O) groups excluding carboxylic acids is 2. The Bertz CT molecular complexity index is 360. The van der Waals surface area contributed by atoms with Gasteiger partial charge in [-0.1, -0.05) is 0 Å². The average Bonchev–Trinajstić information content (AvgIpc) is 2.41. The summed E-state index contributed by atoms with van der Waals surface area (Å²) in [6.45, 7) is 1.88. The van der Waals surface area contributed by atoms with E-state index in [0.717, 1.165) is 19.4 Å². The van der Waals surface area contributed by atoms with Crippen molar-refractivity contribution in [1.82, 2.24) is 10.2 Å². The molecule has 0 radical (unpaired) electrons. The molecule has 20 heavy (non-hydrogen) atoms. The summed E-state index contributed by atoms with van der Waals surface area (Å²) in [4.78, 5) is 34.8. The fraction of sp³-hybridized carbons (Fsp3) is 0.769. The molecule has 114 valence electrons. The summed E-state index contributed by atoms with van der Waals surface area (Å²) in [6, 6.07) is -0.540. The molecular formula is C13H23N3O4. The molecule has 0 aromatic heterocycles. The number of urea groups is 1. The minimum atomic E-state index is -0.826. The lowest BCUT2D eigenvalue weighted by molar-refractivity contribution is -0.138. The number of amides is 3. The van der Waals surface area contributed by atoms with Gasteiger partial charge in [0.2, 0.25) is 5.91 Å². The van der Waals surface area contributed by atoms with Crippen LogP contribution in [0.2, 0.25) is 0 Å². The van der Waals surface area contributed by atoms with Crippen molar-refractivity contribution in [3.05, 3.63) is 0 Å². The fourth-order valence-electron chi connectivity index (χ4n) is 2.41. The molecule has 7 nitrogen and oxygen atoms in total. The quantitative estimate of drug-likeness (QED) is 0.592. The molecule has 1 heterocycles. The van der Waals surface area contributed by atoms with Gasteiger partial charge in [0.1, 0.15) is 0 Å². The van der Waals surface area contributed by atoms with Gasteiger partial charge in [0.25, 0.3) is 0 Å². The zero-order valence-electron chi connectivity index (χ0n) is 11.6. The van der Waals surface area contributed by atoms with Crippen LogP contribution in [0.4, 0.5) is 4.79 Å². The summed E-state index contributed by atoms with van der Waals surface area (Å²) in [5.74, 6) is -0.508. The number of nitrogens with one attached hydrogen (secondary N) is 1. The van der Waals surface area contributed by atoms with Gasteiger partial charge in [0.05, 0.1) is 0 Å². The first-order valence-electron chi connectivity index (χ1n) is 7.02. The number of carboxylic acids is 1. The number of hydrogen-bond donors (Lipinski definition) is 3. The van der Waals surface area contributed by atoms with E-state index in [2.05, 4.69) is 5.32 Å². The largest absolute Gasteiger partial charge is 0.481 e. The molecule has 1 atom stereocenters. The standard InChI is InChI=1S/C13H23N3O4/c14-13(20)15-8-10-4-3-7-16(9-10)11(17)5-1-2-6-12(18)19/h10H,1-9H2,(H,18,19)(H3,14,15,20). The van der Waals surface area contributed by atoms with Crippen LogP contribution >= 0.6 is 0 Å². The van der Waals surface area contributed by atoms with Gasteiger partial charge in [0.15, 0.2) is 0 Å². The van der Waals surface area contributed by atoms with E-state index in [-0.39, 0.29) is 18.2 Å². The molecule has 1 aliphatic rings. The second-order valence-electron chi connectivity index (χ2n) is 5.19. The van der Waals surface area contributed by atoms with Crippen LogP contribution in [0.5, 0.6) is 0 Å². The molecule has 1 aliphatic heterocycles. The van der Waals surface area contributed by atoms with Crippen molar-refractivity contribution in [3.63, 3.8) is 0 Å². The van der Waals surface area contributed by atoms with Gasteiger partial charge in [-0.3, -0.25) is 9.59 Å². The number of nitrogens with two attached hydrogens (primary N) is 1. The number of carbonyl (C=O) groups is 3. The molecule has 0 saturated carbocycles. The highest BCUT2D eigenvalue weighted by Gasteiger charge is 2.23. The topological polar surface area (TPSA) is 113 Å². The Kier molecular flexibility index (Phi) is 6.83. The molecule has 0 spiro atoms. The van der Waals surface area contributed by atoms with Gasteiger partial charge >= 0.3 is 12.0 Å². The molecule has 1 rings (SSSR count). The summed E-state index contributed by atoms with van der Waals surface area (Å²) in [6.07, 6.45) is 3.53. The first-order valence-corrected chi connectivity index (χ1v) is 7.02. The molecule has 7 heteroatoms. The first kappa shape index (κ1) is 16.3. The maximum absolute atomic E-state index is 12.0. The number of aliphatic carboxylic acids is 1. The molecular weight excluding hydrogens is 262 g/mol. The van der Waals surface area contributed by atoms with E-state index in [0.29, 0.717) is 32.4 Å². The normalized spacial score (nSPS) is 18.6. The molecule has 3 amide bonds. The van der Waals surface area contributed by atoms with Crippen LogP contribution in [0, 0.1) is 5.92 Å². The van der Waals surface area contributed by atoms with Crippen molar-refractivity contribution in [3.8, 4) is 0 Å². The van der Waals surface area contributed by atoms with Crippen LogP contribution in [0.3, 0.4) is 0 Å². The maximum Gasteiger partial charge on any atom is 0.312 e. The van der Waals surface area contributed by atoms with Crippen LogP contribution < -0.4 is 11.1 Å². The zero-order chi connectivity index (χ0) is 15.0. The lowest BCUT2D eigenvalue weighted by Gasteiger charge is -2.32. The highest BCUT2D eigenvalue weighted by molar-refractivity contribution is 5.76. The Morgan fingerprint density at radius 3 is 2.60 bits per heavy atom. The van der Waals surface area contributed by atoms with Crippen molar-refractivity contribution >= 4 is 17.9 Å². The van der Waals surface area contributed by atoms with Crippen LogP contribution in [-0.4, -0.2) is 47.5 Å². The minimum absolute atomic E-state index is 0.0687. The fourth-order valence-corrected chi connectivity index (χ4v) is 2.41. The second-order valence-corrected chi connectivity index (χ2v) is 5.19. The Morgan fingerprint density at radius 2 is 1.95 bits per heavy atom. The van der Waals surface area contributed by atoms with Gasteiger partial charge in [-0.05, 0) is 31.6 Å². The van der Waals surface area contributed by atoms with Crippen LogP contribution in [0.15, 0.2) is 0 Å². The highest BCUT2D eigenvalue weighted by atomic mass is 16.4. The third kappa shape index (κ3) is 6.40. The summed E-state index contributed by atoms with van der Waals surface area (Å²) in [5, 5.41) is 11.1. The number of likely N-dealkylation sites (tertiary alicyclic amines) is 1. The first-order chi connectivity index (χ1) is 9.49. The number of primary amides is 1. The summed E-state index contributed by atoms with van der Waals surface area (Å²) < 4.78 is 0. The molecule has 1 saturated heterocycles. The lowest BCUT2D eigenvalue weighted by Crippen LogP contribution is -2.44. The van der Waals surface area contributed by atoms with Gasteiger partial charge in [-0.15, -0.1) is 0 Å². The van der Waals surface area contributed by atoms with E-state index in [4.69, 9.17) is 10.8 Å². The average molecular weight is 285 g/mol. The molecule has 1 unspecified atom stereocenters. The molecule has 4 N–H and O–H groups in total. The third-order valence-corrected chi connectivity index (χ3v) is 3.47. The smallest absolute Gasteiger partial charge is 0.312 e. The van der Waals surface area contributed by atoms with E-state index in [1.807, 2.05) is 0 Å². The predicted octanol–water partition coefficient (Wildman–Crippen LogP) is 0.538. The maximum atomic E-state index is 12.0. The summed E-state index contributed by atoms with van der Waals surface area (Å²) >= 11 is 0. The molecule has 0 aromatic carbocycles. The Morgan fingerprint density at radius 1 is 1.25 bits per heavy atom. The Hall–Kier alpha value is -1.79. The van der Waals surface area contributed by atoms with Gasteiger partial charge in [0, 0.05) is 32.5 Å². The summed E-state index contributed by atoms with van der Waals surface area (Å²) in [5.41, 5.74) is 5.03. The lowest BCUT2D eigenvalue weighted by atomic mass is 9.97. The van der Waals surface area contributed by atoms with E-state index < -0.39 is 12.0 Å². The van der Waals surface area contributed by atoms with Crippen LogP contribution in [0.1, 0.15) is 38.5 Å². The SMILES string of the molecule is NC(=O)NCC1CCCN(C(=O)CCCCC(=O)O)C1. The van der Waals surface area contributed by atoms with E-state index in [1.54, 1.807) is 4.90 Å². The van der Waals surface area contributed by atoms with Gasteiger partial charge in [-0.2, -0.15) is 0 Å². The number of nitrogens with zero attached hydrogens (tertiary/aromatic N) is 1. The van der Waals surface area contributed by atoms with Crippen molar-refractivity contribution in [2.75, 3.05) is 19.6 Å². The van der Waals surface area contributed by atoms with Gasteiger partial charge in [-0.25, -0.2) is 4.79 Å². The molecule has 0 aromatic rings. The van der Waals surface area contributed by atoms with Crippen molar-refractivity contribution < 1.29 is 19.5 Å². The second kappa shape index (κ2) is 8.39. The van der Waals surface area contributed by atoms with Gasteiger partial charge < -0.3 is 21.1 Å². The monoisotopic (exact) mass is 285 g/mol. The van der Waals surface area contributed by atoms with E-state index >= 15 is 0 Å².